The van der Waals surface area contributed by atoms with E-state index in [1.54, 1.807) is 6.92 Å². The highest BCUT2D eigenvalue weighted by Crippen LogP contribution is 2.35. The highest BCUT2D eigenvalue weighted by molar-refractivity contribution is 5.38. The summed E-state index contributed by atoms with van der Waals surface area (Å²) in [5, 5.41) is 2.78. The SMILES string of the molecule is CCNc1cc(OCC(F)(F)C(F)(F)F)nc(C)n1. The number of anilines is 1. The number of hydrogen-bond donors (Lipinski definition) is 1. The van der Waals surface area contributed by atoms with E-state index in [-0.39, 0.29) is 11.7 Å². The maximum absolute atomic E-state index is 12.7. The zero-order valence-corrected chi connectivity index (χ0v) is 10.2. The molecule has 1 N–H and O–H groups in total. The van der Waals surface area contributed by atoms with Gasteiger partial charge in [-0.05, 0) is 13.8 Å². The molecule has 0 saturated carbocycles. The topological polar surface area (TPSA) is 47.0 Å². The predicted molar refractivity (Wildman–Crippen MR) is 57.4 cm³/mol. The minimum Gasteiger partial charge on any atom is -0.471 e. The molecule has 1 aromatic rings. The van der Waals surface area contributed by atoms with E-state index in [0.29, 0.717) is 12.4 Å². The van der Waals surface area contributed by atoms with Crippen molar-refractivity contribution in [2.45, 2.75) is 25.9 Å². The van der Waals surface area contributed by atoms with Gasteiger partial charge in [0.05, 0.1) is 0 Å². The molecule has 19 heavy (non-hydrogen) atoms. The van der Waals surface area contributed by atoms with E-state index in [1.807, 2.05) is 0 Å². The Labute approximate surface area is 106 Å². The molecule has 0 atom stereocenters. The van der Waals surface area contributed by atoms with Gasteiger partial charge in [-0.3, -0.25) is 0 Å². The first-order valence-corrected chi connectivity index (χ1v) is 5.32. The summed E-state index contributed by atoms with van der Waals surface area (Å²) >= 11 is 0. The van der Waals surface area contributed by atoms with Crippen LogP contribution >= 0.6 is 0 Å². The van der Waals surface area contributed by atoms with Crippen LogP contribution in [0.15, 0.2) is 6.07 Å². The van der Waals surface area contributed by atoms with E-state index >= 15 is 0 Å². The van der Waals surface area contributed by atoms with Crippen molar-refractivity contribution < 1.29 is 26.7 Å². The van der Waals surface area contributed by atoms with Crippen molar-refractivity contribution in [3.05, 3.63) is 11.9 Å². The van der Waals surface area contributed by atoms with E-state index in [0.717, 1.165) is 6.07 Å². The van der Waals surface area contributed by atoms with E-state index in [4.69, 9.17) is 0 Å². The molecule has 0 fully saturated rings. The van der Waals surface area contributed by atoms with Crippen molar-refractivity contribution in [2.75, 3.05) is 18.5 Å². The summed E-state index contributed by atoms with van der Waals surface area (Å²) in [7, 11) is 0. The third kappa shape index (κ3) is 4.18. The molecule has 0 amide bonds. The Morgan fingerprint density at radius 1 is 1.21 bits per heavy atom. The molecule has 0 aliphatic carbocycles. The molecule has 0 spiro atoms. The third-order valence-corrected chi connectivity index (χ3v) is 1.99. The first-order valence-electron chi connectivity index (χ1n) is 5.32. The van der Waals surface area contributed by atoms with Crippen LogP contribution in [0.4, 0.5) is 27.8 Å². The van der Waals surface area contributed by atoms with Gasteiger partial charge in [-0.2, -0.15) is 26.9 Å². The van der Waals surface area contributed by atoms with Gasteiger partial charge in [0.15, 0.2) is 6.61 Å². The molecule has 0 unspecified atom stereocenters. The molecule has 108 valence electrons. The second kappa shape index (κ2) is 5.54. The van der Waals surface area contributed by atoms with Crippen LogP contribution in [0.3, 0.4) is 0 Å². The normalized spacial score (nSPS) is 12.4. The molecule has 1 rings (SSSR count). The number of halogens is 5. The van der Waals surface area contributed by atoms with Gasteiger partial charge in [0.2, 0.25) is 5.88 Å². The second-order valence-corrected chi connectivity index (χ2v) is 3.66. The number of nitrogens with zero attached hydrogens (tertiary/aromatic N) is 2. The number of alkyl halides is 5. The first kappa shape index (κ1) is 15.4. The lowest BCUT2D eigenvalue weighted by Crippen LogP contribution is -2.41. The predicted octanol–water partition coefficient (Wildman–Crippen LogP) is 2.79. The molecular formula is C10H12F5N3O. The third-order valence-electron chi connectivity index (χ3n) is 1.99. The standard InChI is InChI=1S/C10H12F5N3O/c1-3-16-7-4-8(18-6(2)17-7)19-5-9(11,12)10(13,14)15/h4H,3,5H2,1-2H3,(H,16,17,18). The Morgan fingerprint density at radius 2 is 1.84 bits per heavy atom. The summed E-state index contributed by atoms with van der Waals surface area (Å²) in [6, 6.07) is 1.16. The lowest BCUT2D eigenvalue weighted by atomic mass is 10.3. The van der Waals surface area contributed by atoms with Gasteiger partial charge in [-0.1, -0.05) is 0 Å². The summed E-state index contributed by atoms with van der Waals surface area (Å²) < 4.78 is 65.5. The van der Waals surface area contributed by atoms with Crippen molar-refractivity contribution in [1.82, 2.24) is 9.97 Å². The van der Waals surface area contributed by atoms with Crippen LogP contribution in [0.5, 0.6) is 5.88 Å². The zero-order valence-electron chi connectivity index (χ0n) is 10.2. The molecule has 4 nitrogen and oxygen atoms in total. The fourth-order valence-electron chi connectivity index (χ4n) is 1.13. The fraction of sp³-hybridized carbons (Fsp3) is 0.600. The number of ether oxygens (including phenoxy) is 1. The van der Waals surface area contributed by atoms with E-state index < -0.39 is 18.7 Å². The number of aromatic nitrogens is 2. The smallest absolute Gasteiger partial charge is 0.456 e. The molecule has 0 bridgehead atoms. The summed E-state index contributed by atoms with van der Waals surface area (Å²) in [6.45, 7) is 1.93. The second-order valence-electron chi connectivity index (χ2n) is 3.66. The van der Waals surface area contributed by atoms with Gasteiger partial charge in [-0.25, -0.2) is 4.98 Å². The molecule has 0 radical (unpaired) electrons. The van der Waals surface area contributed by atoms with Gasteiger partial charge >= 0.3 is 12.1 Å². The maximum Gasteiger partial charge on any atom is 0.456 e. The van der Waals surface area contributed by atoms with Gasteiger partial charge in [0.25, 0.3) is 0 Å². The van der Waals surface area contributed by atoms with E-state index in [1.165, 1.54) is 6.92 Å². The van der Waals surface area contributed by atoms with E-state index in [2.05, 4.69) is 20.0 Å². The number of hydrogen-bond acceptors (Lipinski definition) is 4. The lowest BCUT2D eigenvalue weighted by molar-refractivity contribution is -0.290. The summed E-state index contributed by atoms with van der Waals surface area (Å²) in [5.41, 5.74) is 0. The van der Waals surface area contributed by atoms with Gasteiger partial charge in [-0.15, -0.1) is 0 Å². The van der Waals surface area contributed by atoms with Gasteiger partial charge in [0, 0.05) is 12.6 Å². The summed E-state index contributed by atoms with van der Waals surface area (Å²) in [6.07, 6.45) is -5.65. The number of aryl methyl sites for hydroxylation is 1. The first-order chi connectivity index (χ1) is 8.65. The number of rotatable bonds is 5. The highest BCUT2D eigenvalue weighted by atomic mass is 19.4. The molecule has 0 aliphatic heterocycles. The highest BCUT2D eigenvalue weighted by Gasteiger charge is 2.58. The Hall–Kier alpha value is -1.67. The van der Waals surface area contributed by atoms with E-state index in [9.17, 15) is 22.0 Å². The molecule has 0 aromatic carbocycles. The van der Waals surface area contributed by atoms with Crippen LogP contribution in [0, 0.1) is 6.92 Å². The Kier molecular flexibility index (Phi) is 4.48. The van der Waals surface area contributed by atoms with Crippen LogP contribution in [0.25, 0.3) is 0 Å². The molecule has 0 saturated heterocycles. The van der Waals surface area contributed by atoms with Crippen molar-refractivity contribution in [2.24, 2.45) is 0 Å². The Bertz CT molecular complexity index is 436. The van der Waals surface area contributed by atoms with Crippen LogP contribution in [-0.4, -0.2) is 35.2 Å². The van der Waals surface area contributed by atoms with Crippen LogP contribution in [-0.2, 0) is 0 Å². The van der Waals surface area contributed by atoms with Gasteiger partial charge < -0.3 is 10.1 Å². The van der Waals surface area contributed by atoms with Crippen molar-refractivity contribution in [1.29, 1.82) is 0 Å². The van der Waals surface area contributed by atoms with Crippen molar-refractivity contribution >= 4 is 5.82 Å². The lowest BCUT2D eigenvalue weighted by Gasteiger charge is -2.19. The number of nitrogens with one attached hydrogen (secondary N) is 1. The summed E-state index contributed by atoms with van der Waals surface area (Å²) in [4.78, 5) is 7.53. The average Bonchev–Trinajstić information content (AvgIpc) is 2.25. The summed E-state index contributed by atoms with van der Waals surface area (Å²) in [5.74, 6) is -4.78. The Balaban J connectivity index is 2.78. The maximum atomic E-state index is 12.7. The molecule has 1 aromatic heterocycles. The van der Waals surface area contributed by atoms with Crippen LogP contribution in [0.1, 0.15) is 12.7 Å². The largest absolute Gasteiger partial charge is 0.471 e. The minimum absolute atomic E-state index is 0.198. The molecule has 9 heteroatoms. The van der Waals surface area contributed by atoms with Crippen molar-refractivity contribution in [3.63, 3.8) is 0 Å². The Morgan fingerprint density at radius 3 is 2.37 bits per heavy atom. The molecule has 1 heterocycles. The zero-order chi connectivity index (χ0) is 14.7. The average molecular weight is 285 g/mol. The molecular weight excluding hydrogens is 273 g/mol. The monoisotopic (exact) mass is 285 g/mol. The van der Waals surface area contributed by atoms with Crippen LogP contribution in [0.2, 0.25) is 0 Å². The van der Waals surface area contributed by atoms with Gasteiger partial charge in [0.1, 0.15) is 11.6 Å². The van der Waals surface area contributed by atoms with Crippen molar-refractivity contribution in [3.8, 4) is 5.88 Å². The van der Waals surface area contributed by atoms with Crippen LogP contribution < -0.4 is 10.1 Å². The minimum atomic E-state index is -5.65. The fourth-order valence-corrected chi connectivity index (χ4v) is 1.13. The quantitative estimate of drug-likeness (QED) is 0.845. The molecule has 0 aliphatic rings.